The van der Waals surface area contributed by atoms with Crippen LogP contribution in [0.5, 0.6) is 11.5 Å². The van der Waals surface area contributed by atoms with Gasteiger partial charge in [-0.1, -0.05) is 29.8 Å². The Labute approximate surface area is 194 Å². The Balaban J connectivity index is 1.79. The summed E-state index contributed by atoms with van der Waals surface area (Å²) in [6.07, 6.45) is 1.40. The highest BCUT2D eigenvalue weighted by Gasteiger charge is 2.15. The van der Waals surface area contributed by atoms with Crippen LogP contribution in [0.25, 0.3) is 6.08 Å². The molecule has 0 unspecified atom stereocenters. The minimum Gasteiger partial charge on any atom is -0.493 e. The lowest BCUT2D eigenvalue weighted by Crippen LogP contribution is -2.13. The zero-order chi connectivity index (χ0) is 23.8. The fraction of sp³-hybridized carbons (Fsp3) is 0.0833. The molecule has 0 radical (unpaired) electrons. The third-order valence-corrected chi connectivity index (χ3v) is 4.77. The Morgan fingerprint density at radius 3 is 2.48 bits per heavy atom. The van der Waals surface area contributed by atoms with Crippen LogP contribution in [0.2, 0.25) is 5.02 Å². The summed E-state index contributed by atoms with van der Waals surface area (Å²) in [5, 5.41) is 23.1. The smallest absolute Gasteiger partial charge is 0.269 e. The fourth-order valence-corrected chi connectivity index (χ4v) is 3.14. The summed E-state index contributed by atoms with van der Waals surface area (Å²) in [7, 11) is 1.44. The number of hydrogen-bond acceptors (Lipinski definition) is 6. The maximum atomic E-state index is 12.4. The van der Waals surface area contributed by atoms with Crippen LogP contribution in [0.1, 0.15) is 11.1 Å². The van der Waals surface area contributed by atoms with E-state index in [4.69, 9.17) is 21.1 Å². The van der Waals surface area contributed by atoms with Gasteiger partial charge in [-0.05, 0) is 53.6 Å². The summed E-state index contributed by atoms with van der Waals surface area (Å²) in [4.78, 5) is 22.7. The fourth-order valence-electron chi connectivity index (χ4n) is 2.87. The van der Waals surface area contributed by atoms with Crippen molar-refractivity contribution < 1.29 is 19.2 Å². The van der Waals surface area contributed by atoms with Crippen molar-refractivity contribution in [3.63, 3.8) is 0 Å². The molecule has 3 aromatic carbocycles. The summed E-state index contributed by atoms with van der Waals surface area (Å²) >= 11 is 6.38. The van der Waals surface area contributed by atoms with Crippen molar-refractivity contribution in [2.45, 2.75) is 6.61 Å². The zero-order valence-corrected chi connectivity index (χ0v) is 18.2. The number of non-ortho nitro benzene ring substituents is 1. The number of para-hydroxylation sites is 1. The minimum absolute atomic E-state index is 0.0184. The molecule has 3 aromatic rings. The zero-order valence-electron chi connectivity index (χ0n) is 17.4. The number of nitriles is 1. The summed E-state index contributed by atoms with van der Waals surface area (Å²) in [6, 6.07) is 19.7. The largest absolute Gasteiger partial charge is 0.493 e. The highest BCUT2D eigenvalue weighted by atomic mass is 35.5. The predicted molar refractivity (Wildman–Crippen MR) is 124 cm³/mol. The molecule has 0 aliphatic carbocycles. The molecule has 0 spiro atoms. The predicted octanol–water partition coefficient (Wildman–Crippen LogP) is 5.38. The lowest BCUT2D eigenvalue weighted by atomic mass is 10.1. The molecule has 0 heterocycles. The Kier molecular flexibility index (Phi) is 7.63. The SMILES string of the molecule is COc1cc(/C=C(/C#N)C(=O)Nc2ccccc2)cc(Cl)c1OCc1ccc([N+](=O)[O-])cc1. The average molecular weight is 464 g/mol. The van der Waals surface area contributed by atoms with Gasteiger partial charge in [0.05, 0.1) is 17.1 Å². The molecule has 9 heteroatoms. The Morgan fingerprint density at radius 2 is 1.88 bits per heavy atom. The second-order valence-electron chi connectivity index (χ2n) is 6.74. The number of ether oxygens (including phenoxy) is 2. The first kappa shape index (κ1) is 23.3. The summed E-state index contributed by atoms with van der Waals surface area (Å²) in [6.45, 7) is 0.103. The number of nitro benzene ring substituents is 1. The van der Waals surface area contributed by atoms with Gasteiger partial charge in [0.25, 0.3) is 11.6 Å². The highest BCUT2D eigenvalue weighted by Crippen LogP contribution is 2.37. The number of benzene rings is 3. The van der Waals surface area contributed by atoms with Gasteiger partial charge in [0.1, 0.15) is 18.2 Å². The number of hydrogen-bond donors (Lipinski definition) is 1. The molecule has 3 rings (SSSR count). The van der Waals surface area contributed by atoms with E-state index in [9.17, 15) is 20.2 Å². The van der Waals surface area contributed by atoms with Gasteiger partial charge in [-0.25, -0.2) is 0 Å². The Bertz CT molecular complexity index is 1240. The minimum atomic E-state index is -0.558. The first-order valence-corrected chi connectivity index (χ1v) is 10.0. The van der Waals surface area contributed by atoms with E-state index in [-0.39, 0.29) is 28.6 Å². The molecular weight excluding hydrogens is 446 g/mol. The molecule has 33 heavy (non-hydrogen) atoms. The normalized spacial score (nSPS) is 10.8. The molecular formula is C24H18ClN3O5. The van der Waals surface area contributed by atoms with E-state index >= 15 is 0 Å². The van der Waals surface area contributed by atoms with E-state index in [1.807, 2.05) is 12.1 Å². The molecule has 0 fully saturated rings. The maximum Gasteiger partial charge on any atom is 0.269 e. The summed E-state index contributed by atoms with van der Waals surface area (Å²) in [5.41, 5.74) is 1.60. The Hall–Kier alpha value is -4.35. The third-order valence-electron chi connectivity index (χ3n) is 4.49. The van der Waals surface area contributed by atoms with Crippen molar-refractivity contribution in [1.29, 1.82) is 5.26 Å². The lowest BCUT2D eigenvalue weighted by molar-refractivity contribution is -0.384. The van der Waals surface area contributed by atoms with Gasteiger partial charge in [0.15, 0.2) is 11.5 Å². The van der Waals surface area contributed by atoms with Crippen molar-refractivity contribution in [3.05, 3.63) is 98.6 Å². The van der Waals surface area contributed by atoms with Gasteiger partial charge in [0, 0.05) is 17.8 Å². The second-order valence-corrected chi connectivity index (χ2v) is 7.14. The number of rotatable bonds is 8. The van der Waals surface area contributed by atoms with Crippen LogP contribution in [-0.2, 0) is 11.4 Å². The van der Waals surface area contributed by atoms with Crippen molar-refractivity contribution in [3.8, 4) is 17.6 Å². The molecule has 0 bridgehead atoms. The molecule has 0 aliphatic heterocycles. The number of nitrogens with zero attached hydrogens (tertiary/aromatic N) is 2. The van der Waals surface area contributed by atoms with Gasteiger partial charge in [-0.2, -0.15) is 5.26 Å². The lowest BCUT2D eigenvalue weighted by Gasteiger charge is -2.13. The molecule has 0 saturated carbocycles. The maximum absolute atomic E-state index is 12.4. The third kappa shape index (κ3) is 6.09. The number of carbonyl (C=O) groups excluding carboxylic acids is 1. The van der Waals surface area contributed by atoms with Crippen molar-refractivity contribution >= 4 is 35.0 Å². The van der Waals surface area contributed by atoms with Gasteiger partial charge in [-0.15, -0.1) is 0 Å². The molecule has 1 amide bonds. The van der Waals surface area contributed by atoms with Crippen molar-refractivity contribution in [2.75, 3.05) is 12.4 Å². The highest BCUT2D eigenvalue weighted by molar-refractivity contribution is 6.32. The number of nitrogens with one attached hydrogen (secondary N) is 1. The average Bonchev–Trinajstić information content (AvgIpc) is 2.82. The molecule has 8 nitrogen and oxygen atoms in total. The first-order chi connectivity index (χ1) is 15.9. The molecule has 0 saturated heterocycles. The van der Waals surface area contributed by atoms with Gasteiger partial charge < -0.3 is 14.8 Å². The van der Waals surface area contributed by atoms with Crippen LogP contribution >= 0.6 is 11.6 Å². The molecule has 0 aliphatic rings. The van der Waals surface area contributed by atoms with Crippen LogP contribution in [0, 0.1) is 21.4 Å². The van der Waals surface area contributed by atoms with E-state index in [2.05, 4.69) is 5.32 Å². The summed E-state index contributed by atoms with van der Waals surface area (Å²) in [5.74, 6) is 0.00983. The van der Waals surface area contributed by atoms with E-state index in [1.54, 1.807) is 48.5 Å². The standard InChI is InChI=1S/C24H18ClN3O5/c1-32-22-13-17(11-18(14-26)24(29)27-19-5-3-2-4-6-19)12-21(25)23(22)33-15-16-7-9-20(10-8-16)28(30)31/h2-13H,15H2,1H3,(H,27,29)/b18-11-. The summed E-state index contributed by atoms with van der Waals surface area (Å²) < 4.78 is 11.1. The van der Waals surface area contributed by atoms with Crippen molar-refractivity contribution in [1.82, 2.24) is 0 Å². The Morgan fingerprint density at radius 1 is 1.18 bits per heavy atom. The van der Waals surface area contributed by atoms with Crippen molar-refractivity contribution in [2.24, 2.45) is 0 Å². The van der Waals surface area contributed by atoms with E-state index < -0.39 is 10.8 Å². The monoisotopic (exact) mass is 463 g/mol. The van der Waals surface area contributed by atoms with Crippen LogP contribution in [0.4, 0.5) is 11.4 Å². The number of anilines is 1. The van der Waals surface area contributed by atoms with E-state index in [0.29, 0.717) is 22.6 Å². The molecule has 0 aromatic heterocycles. The quantitative estimate of drug-likeness (QED) is 0.207. The van der Waals surface area contributed by atoms with Gasteiger partial charge >= 0.3 is 0 Å². The number of amides is 1. The van der Waals surface area contributed by atoms with Crippen LogP contribution in [0.15, 0.2) is 72.3 Å². The number of methoxy groups -OCH3 is 1. The van der Waals surface area contributed by atoms with Crippen LogP contribution in [0.3, 0.4) is 0 Å². The van der Waals surface area contributed by atoms with Gasteiger partial charge in [0.2, 0.25) is 0 Å². The van der Waals surface area contributed by atoms with Crippen LogP contribution < -0.4 is 14.8 Å². The van der Waals surface area contributed by atoms with E-state index in [0.717, 1.165) is 0 Å². The van der Waals surface area contributed by atoms with Gasteiger partial charge in [-0.3, -0.25) is 14.9 Å². The van der Waals surface area contributed by atoms with E-state index in [1.165, 1.54) is 25.3 Å². The topological polar surface area (TPSA) is 114 Å². The number of nitro groups is 1. The number of carbonyl (C=O) groups is 1. The molecule has 1 N–H and O–H groups in total. The molecule has 0 atom stereocenters. The first-order valence-electron chi connectivity index (χ1n) is 9.63. The second kappa shape index (κ2) is 10.8. The number of halogens is 1. The molecule has 166 valence electrons. The van der Waals surface area contributed by atoms with Crippen LogP contribution in [-0.4, -0.2) is 17.9 Å².